The number of ether oxygens (including phenoxy) is 1. The molecule has 3 rings (SSSR count). The quantitative estimate of drug-likeness (QED) is 0.739. The Morgan fingerprint density at radius 1 is 1.18 bits per heavy atom. The van der Waals surface area contributed by atoms with E-state index in [9.17, 15) is 15.2 Å². The second-order valence-electron chi connectivity index (χ2n) is 6.79. The molecule has 28 heavy (non-hydrogen) atoms. The van der Waals surface area contributed by atoms with Crippen LogP contribution in [0.25, 0.3) is 5.57 Å². The number of rotatable bonds is 5. The van der Waals surface area contributed by atoms with Gasteiger partial charge in [0.2, 0.25) is 0 Å². The predicted molar refractivity (Wildman–Crippen MR) is 106 cm³/mol. The molecule has 144 valence electrons. The third-order valence-electron chi connectivity index (χ3n) is 5.20. The second-order valence-corrected chi connectivity index (χ2v) is 6.79. The van der Waals surface area contributed by atoms with Crippen LogP contribution in [0.5, 0.6) is 11.5 Å². The minimum Gasteiger partial charge on any atom is -0.477 e. The first-order valence-electron chi connectivity index (χ1n) is 9.29. The van der Waals surface area contributed by atoms with E-state index in [1.54, 1.807) is 19.1 Å². The van der Waals surface area contributed by atoms with Gasteiger partial charge in [0, 0.05) is 11.8 Å². The molecule has 6 heteroatoms. The summed E-state index contributed by atoms with van der Waals surface area (Å²) in [6, 6.07) is 9.36. The van der Waals surface area contributed by atoms with E-state index in [4.69, 9.17) is 9.73 Å². The predicted octanol–water partition coefficient (Wildman–Crippen LogP) is 2.96. The van der Waals surface area contributed by atoms with Crippen molar-refractivity contribution in [2.45, 2.75) is 34.2 Å². The molecule has 0 fully saturated rings. The van der Waals surface area contributed by atoms with Gasteiger partial charge in [-0.25, -0.2) is 9.79 Å². The molecule has 0 unspecified atom stereocenters. The number of nitriles is 1. The van der Waals surface area contributed by atoms with Gasteiger partial charge in [-0.05, 0) is 61.8 Å². The minimum absolute atomic E-state index is 0.298. The second kappa shape index (κ2) is 7.83. The largest absolute Gasteiger partial charge is 0.477 e. The van der Waals surface area contributed by atoms with E-state index in [0.717, 1.165) is 36.4 Å². The first-order valence-corrected chi connectivity index (χ1v) is 9.29. The molecular weight excluding hydrogens is 354 g/mol. The Morgan fingerprint density at radius 2 is 1.89 bits per heavy atom. The summed E-state index contributed by atoms with van der Waals surface area (Å²) in [6.45, 7) is 10.7. The lowest BCUT2D eigenvalue weighted by atomic mass is 10.0. The highest BCUT2D eigenvalue weighted by atomic mass is 16.5. The molecular formula is C22H23N3O3. The van der Waals surface area contributed by atoms with Gasteiger partial charge in [-0.3, -0.25) is 4.90 Å². The van der Waals surface area contributed by atoms with E-state index in [-0.39, 0.29) is 5.57 Å². The van der Waals surface area contributed by atoms with Crippen molar-refractivity contribution < 1.29 is 14.6 Å². The van der Waals surface area contributed by atoms with Crippen molar-refractivity contribution in [1.29, 1.82) is 5.26 Å². The summed E-state index contributed by atoms with van der Waals surface area (Å²) in [7, 11) is 0. The van der Waals surface area contributed by atoms with Crippen molar-refractivity contribution in [1.82, 2.24) is 4.90 Å². The van der Waals surface area contributed by atoms with Crippen molar-refractivity contribution in [2.24, 2.45) is 4.99 Å². The first-order chi connectivity index (χ1) is 13.4. The number of hydrogen-bond acceptors (Lipinski definition) is 5. The monoisotopic (exact) mass is 377 g/mol. The van der Waals surface area contributed by atoms with Gasteiger partial charge >= 0.3 is 5.97 Å². The van der Waals surface area contributed by atoms with Gasteiger partial charge in [0.1, 0.15) is 22.7 Å². The van der Waals surface area contributed by atoms with E-state index in [2.05, 4.69) is 24.8 Å². The molecule has 1 aliphatic rings. The Hall–Kier alpha value is -3.17. The van der Waals surface area contributed by atoms with Crippen molar-refractivity contribution in [3.63, 3.8) is 0 Å². The molecule has 6 nitrogen and oxygen atoms in total. The molecule has 1 aliphatic heterocycles. The van der Waals surface area contributed by atoms with E-state index in [1.807, 2.05) is 19.1 Å². The van der Waals surface area contributed by atoms with Gasteiger partial charge in [-0.1, -0.05) is 19.9 Å². The normalized spacial score (nSPS) is 13.0. The van der Waals surface area contributed by atoms with Gasteiger partial charge in [0.15, 0.2) is 11.5 Å². The summed E-state index contributed by atoms with van der Waals surface area (Å²) in [4.78, 5) is 18.5. The minimum atomic E-state index is -1.25. The van der Waals surface area contributed by atoms with E-state index in [0.29, 0.717) is 27.6 Å². The molecule has 0 spiro atoms. The number of carbonyl (C=O) groups is 1. The van der Waals surface area contributed by atoms with Crippen LogP contribution < -0.4 is 15.3 Å². The van der Waals surface area contributed by atoms with E-state index < -0.39 is 5.97 Å². The highest BCUT2D eigenvalue weighted by Crippen LogP contribution is 2.35. The maximum atomic E-state index is 11.4. The van der Waals surface area contributed by atoms with Gasteiger partial charge in [-0.2, -0.15) is 5.26 Å². The lowest BCUT2D eigenvalue weighted by molar-refractivity contribution is -0.130. The zero-order valence-corrected chi connectivity index (χ0v) is 16.5. The lowest BCUT2D eigenvalue weighted by Gasteiger charge is -2.20. The molecule has 0 saturated carbocycles. The highest BCUT2D eigenvalue weighted by molar-refractivity contribution is 6.14. The van der Waals surface area contributed by atoms with Crippen LogP contribution in [0.2, 0.25) is 0 Å². The average Bonchev–Trinajstić information content (AvgIpc) is 2.68. The van der Waals surface area contributed by atoms with Crippen molar-refractivity contribution >= 4 is 17.2 Å². The van der Waals surface area contributed by atoms with Gasteiger partial charge < -0.3 is 9.84 Å². The smallest absolute Gasteiger partial charge is 0.347 e. The number of carboxylic acids is 1. The van der Waals surface area contributed by atoms with Crippen LogP contribution in [0.1, 0.15) is 30.5 Å². The van der Waals surface area contributed by atoms with Gasteiger partial charge in [0.25, 0.3) is 0 Å². The van der Waals surface area contributed by atoms with Crippen molar-refractivity contribution in [3.05, 3.63) is 51.5 Å². The van der Waals surface area contributed by atoms with Crippen molar-refractivity contribution in [2.75, 3.05) is 13.1 Å². The highest BCUT2D eigenvalue weighted by Gasteiger charge is 2.19. The standard InChI is InChI=1S/C22H23N3O3/c1-5-25(6-2)12-15-7-8-18-19(9-15)28-20-10-16(17(11-23)22(26)27)13(3)14(4)21(20)24-18/h7-10H,5-6,12H2,1-4H3,(H,26,27)/b17-16+. The summed E-state index contributed by atoms with van der Waals surface area (Å²) >= 11 is 0. The fourth-order valence-electron chi connectivity index (χ4n) is 3.35. The summed E-state index contributed by atoms with van der Waals surface area (Å²) in [5.41, 5.74) is 3.09. The number of nitrogens with zero attached hydrogens (tertiary/aromatic N) is 3. The zero-order valence-electron chi connectivity index (χ0n) is 16.5. The van der Waals surface area contributed by atoms with Crippen LogP contribution in [-0.2, 0) is 11.3 Å². The Labute approximate surface area is 164 Å². The van der Waals surface area contributed by atoms with Crippen LogP contribution in [-0.4, -0.2) is 29.1 Å². The number of aliphatic carboxylic acids is 1. The summed E-state index contributed by atoms with van der Waals surface area (Å²) < 4.78 is 6.09. The maximum absolute atomic E-state index is 11.4. The first kappa shape index (κ1) is 19.6. The summed E-state index contributed by atoms with van der Waals surface area (Å²) in [5, 5.41) is 19.6. The molecule has 0 aliphatic carbocycles. The molecule has 1 heterocycles. The van der Waals surface area contributed by atoms with Crippen molar-refractivity contribution in [3.8, 4) is 17.6 Å². The fourth-order valence-corrected chi connectivity index (χ4v) is 3.35. The Bertz CT molecular complexity index is 1110. The fraction of sp³-hybridized carbons (Fsp3) is 0.318. The molecule has 0 atom stereocenters. The van der Waals surface area contributed by atoms with Crippen LogP contribution in [0.15, 0.2) is 29.3 Å². The van der Waals surface area contributed by atoms with E-state index >= 15 is 0 Å². The molecule has 0 bridgehead atoms. The number of benzene rings is 2. The van der Waals surface area contributed by atoms with Gasteiger partial charge in [0.05, 0.1) is 0 Å². The number of hydrogen-bond donors (Lipinski definition) is 1. The maximum Gasteiger partial charge on any atom is 0.347 e. The Morgan fingerprint density at radius 3 is 2.50 bits per heavy atom. The summed E-state index contributed by atoms with van der Waals surface area (Å²) in [5.74, 6) is -0.139. The number of fused-ring (bicyclic) bond motifs is 2. The molecule has 0 radical (unpaired) electrons. The van der Waals surface area contributed by atoms with Crippen LogP contribution >= 0.6 is 0 Å². The summed E-state index contributed by atoms with van der Waals surface area (Å²) in [6.07, 6.45) is 0. The molecule has 0 amide bonds. The topological polar surface area (TPSA) is 85.9 Å². The van der Waals surface area contributed by atoms with Crippen LogP contribution in [0.4, 0.5) is 5.69 Å². The molecule has 0 saturated heterocycles. The SMILES string of the molecule is CCN(CC)Cc1ccc2c(c1)Oc1c/c(=C(/C#N)C(=O)O)c(C)c(C)c1=N2. The molecule has 1 N–H and O–H groups in total. The van der Waals surface area contributed by atoms with Crippen LogP contribution in [0.3, 0.4) is 0 Å². The third kappa shape index (κ3) is 3.49. The molecule has 2 aromatic rings. The van der Waals surface area contributed by atoms with Gasteiger partial charge in [-0.15, -0.1) is 0 Å². The molecule has 2 aromatic carbocycles. The number of carboxylic acid groups (broad SMARTS) is 1. The zero-order chi connectivity index (χ0) is 20.4. The van der Waals surface area contributed by atoms with Crippen LogP contribution in [0, 0.1) is 25.2 Å². The average molecular weight is 377 g/mol. The third-order valence-corrected chi connectivity index (χ3v) is 5.20. The Balaban J connectivity index is 2.15. The van der Waals surface area contributed by atoms with E-state index in [1.165, 1.54) is 0 Å². The molecule has 0 aromatic heterocycles. The lowest BCUT2D eigenvalue weighted by Crippen LogP contribution is -2.25. The Kier molecular flexibility index (Phi) is 5.48.